The summed E-state index contributed by atoms with van der Waals surface area (Å²) in [7, 11) is 0. The third kappa shape index (κ3) is 6.25. The van der Waals surface area contributed by atoms with Gasteiger partial charge in [0.2, 0.25) is 0 Å². The number of rotatable bonds is 2. The first-order valence-corrected chi connectivity index (χ1v) is 4.66. The van der Waals surface area contributed by atoms with E-state index in [0.29, 0.717) is 5.41 Å². The van der Waals surface area contributed by atoms with Crippen molar-refractivity contribution in [2.45, 2.75) is 45.8 Å². The molecule has 0 N–H and O–H groups in total. The van der Waals surface area contributed by atoms with E-state index in [-0.39, 0.29) is 4.75 Å². The van der Waals surface area contributed by atoms with E-state index in [1.807, 2.05) is 0 Å². The molecule has 2 heteroatoms. The van der Waals surface area contributed by atoms with Gasteiger partial charge in [0, 0.05) is 4.75 Å². The average Bonchev–Trinajstić information content (AvgIpc) is 1.55. The van der Waals surface area contributed by atoms with Crippen LogP contribution >= 0.6 is 11.8 Å². The molecule has 0 saturated heterocycles. The highest BCUT2D eigenvalue weighted by atomic mass is 32.2. The molecule has 0 fully saturated rings. The van der Waals surface area contributed by atoms with Gasteiger partial charge >= 0.3 is 0 Å². The number of thiocyanates is 1. The van der Waals surface area contributed by atoms with E-state index in [4.69, 9.17) is 5.26 Å². The van der Waals surface area contributed by atoms with Gasteiger partial charge in [-0.3, -0.25) is 0 Å². The van der Waals surface area contributed by atoms with Gasteiger partial charge in [0.15, 0.2) is 0 Å². The fraction of sp³-hybridized carbons (Fsp3) is 0.889. The summed E-state index contributed by atoms with van der Waals surface area (Å²) < 4.78 is 0.0903. The summed E-state index contributed by atoms with van der Waals surface area (Å²) in [6.45, 7) is 10.8. The van der Waals surface area contributed by atoms with Crippen LogP contribution in [-0.4, -0.2) is 4.75 Å². The molecule has 0 atom stereocenters. The molecule has 64 valence electrons. The van der Waals surface area contributed by atoms with Gasteiger partial charge in [0.05, 0.1) is 0 Å². The molecule has 0 aromatic rings. The monoisotopic (exact) mass is 171 g/mol. The van der Waals surface area contributed by atoms with E-state index >= 15 is 0 Å². The number of hydrogen-bond donors (Lipinski definition) is 0. The van der Waals surface area contributed by atoms with Crippen LogP contribution in [0.3, 0.4) is 0 Å². The van der Waals surface area contributed by atoms with Crippen LogP contribution in [0.5, 0.6) is 0 Å². The number of nitriles is 1. The van der Waals surface area contributed by atoms with Crippen LogP contribution in [0.1, 0.15) is 41.0 Å². The lowest BCUT2D eigenvalue weighted by Crippen LogP contribution is -2.22. The van der Waals surface area contributed by atoms with Gasteiger partial charge in [0.1, 0.15) is 5.40 Å². The summed E-state index contributed by atoms with van der Waals surface area (Å²) in [5.41, 5.74) is 0.313. The summed E-state index contributed by atoms with van der Waals surface area (Å²) in [4.78, 5) is 0. The van der Waals surface area contributed by atoms with Crippen molar-refractivity contribution >= 4 is 11.8 Å². The third-order valence-electron chi connectivity index (χ3n) is 1.28. The van der Waals surface area contributed by atoms with Gasteiger partial charge in [-0.25, -0.2) is 0 Å². The van der Waals surface area contributed by atoms with Gasteiger partial charge < -0.3 is 0 Å². The molecule has 0 aliphatic heterocycles. The highest BCUT2D eigenvalue weighted by Gasteiger charge is 2.25. The quantitative estimate of drug-likeness (QED) is 0.594. The van der Waals surface area contributed by atoms with Crippen molar-refractivity contribution in [3.8, 4) is 5.40 Å². The maximum Gasteiger partial charge on any atom is 0.133 e. The van der Waals surface area contributed by atoms with Crippen molar-refractivity contribution in [1.82, 2.24) is 0 Å². The van der Waals surface area contributed by atoms with E-state index in [0.717, 1.165) is 6.42 Å². The van der Waals surface area contributed by atoms with Crippen molar-refractivity contribution in [3.05, 3.63) is 0 Å². The Labute approximate surface area is 74.2 Å². The molecule has 0 radical (unpaired) electrons. The Balaban J connectivity index is 4.04. The van der Waals surface area contributed by atoms with Crippen LogP contribution in [0, 0.1) is 16.1 Å². The van der Waals surface area contributed by atoms with Gasteiger partial charge in [-0.15, -0.1) is 0 Å². The predicted octanol–water partition coefficient (Wildman–Crippen LogP) is 3.42. The normalized spacial score (nSPS) is 12.7. The minimum atomic E-state index is 0.0903. The lowest BCUT2D eigenvalue weighted by molar-refractivity contribution is 0.340. The molecule has 0 amide bonds. The van der Waals surface area contributed by atoms with Crippen LogP contribution in [0.25, 0.3) is 0 Å². The molecule has 0 aromatic carbocycles. The highest BCUT2D eigenvalue weighted by molar-refractivity contribution is 8.04. The molecule has 0 bridgehead atoms. The topological polar surface area (TPSA) is 23.8 Å². The number of hydrogen-bond acceptors (Lipinski definition) is 2. The largest absolute Gasteiger partial charge is 0.185 e. The van der Waals surface area contributed by atoms with E-state index in [9.17, 15) is 0 Å². The Kier molecular flexibility index (Phi) is 3.44. The maximum absolute atomic E-state index is 8.51. The molecule has 0 unspecified atom stereocenters. The zero-order chi connectivity index (χ0) is 9.12. The Bertz CT molecular complexity index is 159. The summed E-state index contributed by atoms with van der Waals surface area (Å²) in [5.74, 6) is 0. The molecule has 11 heavy (non-hydrogen) atoms. The van der Waals surface area contributed by atoms with Crippen molar-refractivity contribution in [3.63, 3.8) is 0 Å². The first-order valence-electron chi connectivity index (χ1n) is 3.84. The lowest BCUT2D eigenvalue weighted by Gasteiger charge is -2.29. The standard InChI is InChI=1S/C9H17NS/c1-8(2,3)6-9(4,5)11-7-10/h6H2,1-5H3. The summed E-state index contributed by atoms with van der Waals surface area (Å²) >= 11 is 1.37. The predicted molar refractivity (Wildman–Crippen MR) is 51.4 cm³/mol. The SMILES string of the molecule is CC(C)(C)CC(C)(C)SC#N. The van der Waals surface area contributed by atoms with Crippen LogP contribution in [0.2, 0.25) is 0 Å². The Morgan fingerprint density at radius 2 is 1.64 bits per heavy atom. The minimum Gasteiger partial charge on any atom is -0.185 e. The van der Waals surface area contributed by atoms with Crippen molar-refractivity contribution < 1.29 is 0 Å². The Morgan fingerprint density at radius 1 is 1.18 bits per heavy atom. The molecule has 1 nitrogen and oxygen atoms in total. The van der Waals surface area contributed by atoms with Gasteiger partial charge in [-0.05, 0) is 37.4 Å². The molecule has 0 aromatic heterocycles. The zero-order valence-electron chi connectivity index (χ0n) is 8.06. The van der Waals surface area contributed by atoms with Gasteiger partial charge in [-0.1, -0.05) is 20.8 Å². The summed E-state index contributed by atoms with van der Waals surface area (Å²) in [6.07, 6.45) is 1.07. The number of thioether (sulfide) groups is 1. The Morgan fingerprint density at radius 3 is 1.91 bits per heavy atom. The van der Waals surface area contributed by atoms with E-state index in [2.05, 4.69) is 40.0 Å². The first-order chi connectivity index (χ1) is 4.77. The molecule has 0 spiro atoms. The average molecular weight is 171 g/mol. The first kappa shape index (κ1) is 10.8. The maximum atomic E-state index is 8.51. The minimum absolute atomic E-state index is 0.0903. The lowest BCUT2D eigenvalue weighted by atomic mass is 9.86. The molecule has 0 rings (SSSR count). The highest BCUT2D eigenvalue weighted by Crippen LogP contribution is 2.35. The summed E-state index contributed by atoms with van der Waals surface area (Å²) in [5, 5.41) is 10.7. The molecular formula is C9H17NS. The number of nitrogens with zero attached hydrogens (tertiary/aromatic N) is 1. The van der Waals surface area contributed by atoms with Crippen LogP contribution < -0.4 is 0 Å². The van der Waals surface area contributed by atoms with Crippen molar-refractivity contribution in [1.29, 1.82) is 5.26 Å². The molecule has 0 saturated carbocycles. The van der Waals surface area contributed by atoms with Crippen LogP contribution in [0.4, 0.5) is 0 Å². The summed E-state index contributed by atoms with van der Waals surface area (Å²) in [6, 6.07) is 0. The second kappa shape index (κ2) is 3.49. The third-order valence-corrected chi connectivity index (χ3v) is 2.07. The van der Waals surface area contributed by atoms with E-state index in [1.54, 1.807) is 0 Å². The van der Waals surface area contributed by atoms with E-state index < -0.39 is 0 Å². The van der Waals surface area contributed by atoms with Crippen molar-refractivity contribution in [2.24, 2.45) is 5.41 Å². The molecule has 0 heterocycles. The molecule has 0 aliphatic carbocycles. The van der Waals surface area contributed by atoms with Gasteiger partial charge in [-0.2, -0.15) is 5.26 Å². The smallest absolute Gasteiger partial charge is 0.133 e. The molecule has 0 aliphatic rings. The van der Waals surface area contributed by atoms with Crippen molar-refractivity contribution in [2.75, 3.05) is 0 Å². The second-order valence-electron chi connectivity index (χ2n) is 4.69. The second-order valence-corrected chi connectivity index (χ2v) is 6.18. The van der Waals surface area contributed by atoms with E-state index in [1.165, 1.54) is 11.8 Å². The van der Waals surface area contributed by atoms with Crippen LogP contribution in [0.15, 0.2) is 0 Å². The Hall–Kier alpha value is -0.160. The fourth-order valence-electron chi connectivity index (χ4n) is 1.44. The fourth-order valence-corrected chi connectivity index (χ4v) is 2.19. The zero-order valence-corrected chi connectivity index (χ0v) is 8.88. The van der Waals surface area contributed by atoms with Gasteiger partial charge in [0.25, 0.3) is 0 Å². The molecular weight excluding hydrogens is 154 g/mol. The van der Waals surface area contributed by atoms with Crippen LogP contribution in [-0.2, 0) is 0 Å².